The van der Waals surface area contributed by atoms with Crippen LogP contribution < -0.4 is 4.90 Å². The fourth-order valence-electron chi connectivity index (χ4n) is 3.01. The lowest BCUT2D eigenvalue weighted by Gasteiger charge is -2.12. The topological polar surface area (TPSA) is 29.5 Å². The van der Waals surface area contributed by atoms with Crippen molar-refractivity contribution in [3.8, 4) is 23.1 Å². The fraction of sp³-hybridized carbons (Fsp3) is 0.250. The summed E-state index contributed by atoms with van der Waals surface area (Å²) >= 11 is 0. The first-order valence-corrected chi connectivity index (χ1v) is 7.66. The summed E-state index contributed by atoms with van der Waals surface area (Å²) in [7, 11) is 1.40. The van der Waals surface area contributed by atoms with Gasteiger partial charge in [0.15, 0.2) is 0 Å². The van der Waals surface area contributed by atoms with Gasteiger partial charge in [0.05, 0.1) is 18.4 Å². The van der Waals surface area contributed by atoms with Crippen molar-refractivity contribution in [2.75, 3.05) is 18.6 Å². The Bertz CT molecular complexity index is 827. The van der Waals surface area contributed by atoms with Crippen LogP contribution in [0.25, 0.3) is 11.1 Å². The van der Waals surface area contributed by atoms with E-state index in [4.69, 9.17) is 4.74 Å². The molecule has 0 aromatic heterocycles. The third-order valence-corrected chi connectivity index (χ3v) is 4.19. The number of rotatable bonds is 2. The molecule has 2 aromatic carbocycles. The van der Waals surface area contributed by atoms with Crippen molar-refractivity contribution in [3.05, 3.63) is 53.1 Å². The Labute approximate surface area is 136 Å². The number of fused-ring (bicyclic) bond motifs is 1. The third-order valence-electron chi connectivity index (χ3n) is 4.19. The van der Waals surface area contributed by atoms with Crippen molar-refractivity contribution in [2.45, 2.75) is 20.3 Å². The van der Waals surface area contributed by atoms with Gasteiger partial charge in [0.25, 0.3) is 0 Å². The SMILES string of the molecule is CC#CN1CCc2cc(-c3ccc(C(=O)OC)c(C)c3)ccc21. The predicted molar refractivity (Wildman–Crippen MR) is 92.5 cm³/mol. The van der Waals surface area contributed by atoms with Crippen LogP contribution in [0.3, 0.4) is 0 Å². The lowest BCUT2D eigenvalue weighted by Crippen LogP contribution is -2.12. The number of nitrogens with zero attached hydrogens (tertiary/aromatic N) is 1. The van der Waals surface area contributed by atoms with Crippen molar-refractivity contribution in [1.29, 1.82) is 0 Å². The van der Waals surface area contributed by atoms with E-state index in [1.54, 1.807) is 0 Å². The molecule has 2 aromatic rings. The van der Waals surface area contributed by atoms with E-state index in [1.807, 2.05) is 32.0 Å². The molecule has 0 N–H and O–H groups in total. The van der Waals surface area contributed by atoms with Crippen LogP contribution in [0.15, 0.2) is 36.4 Å². The second-order valence-electron chi connectivity index (χ2n) is 5.63. The summed E-state index contributed by atoms with van der Waals surface area (Å²) < 4.78 is 4.80. The molecule has 0 bridgehead atoms. The summed E-state index contributed by atoms with van der Waals surface area (Å²) in [5.41, 5.74) is 6.33. The van der Waals surface area contributed by atoms with Crippen molar-refractivity contribution < 1.29 is 9.53 Å². The first-order valence-electron chi connectivity index (χ1n) is 7.66. The largest absolute Gasteiger partial charge is 0.465 e. The summed E-state index contributed by atoms with van der Waals surface area (Å²) in [5.74, 6) is 2.66. The molecule has 0 fully saturated rings. The van der Waals surface area contributed by atoms with Crippen molar-refractivity contribution in [1.82, 2.24) is 0 Å². The van der Waals surface area contributed by atoms with E-state index in [-0.39, 0.29) is 5.97 Å². The van der Waals surface area contributed by atoms with Crippen LogP contribution in [0.1, 0.15) is 28.4 Å². The lowest BCUT2D eigenvalue weighted by molar-refractivity contribution is 0.0600. The Hall–Kier alpha value is -2.73. The highest BCUT2D eigenvalue weighted by atomic mass is 16.5. The van der Waals surface area contributed by atoms with Gasteiger partial charge >= 0.3 is 5.97 Å². The maximum Gasteiger partial charge on any atom is 0.338 e. The molecule has 0 saturated heterocycles. The lowest BCUT2D eigenvalue weighted by atomic mass is 9.98. The summed E-state index contributed by atoms with van der Waals surface area (Å²) in [4.78, 5) is 13.8. The Morgan fingerprint density at radius 2 is 1.91 bits per heavy atom. The Kier molecular flexibility index (Phi) is 4.08. The molecular formula is C20H19NO2. The molecule has 1 heterocycles. The molecule has 3 rings (SSSR count). The van der Waals surface area contributed by atoms with Crippen LogP contribution in [0.5, 0.6) is 0 Å². The predicted octanol–water partition coefficient (Wildman–Crippen LogP) is 3.79. The smallest absolute Gasteiger partial charge is 0.338 e. The maximum atomic E-state index is 11.7. The molecule has 0 aliphatic carbocycles. The van der Waals surface area contributed by atoms with Gasteiger partial charge in [-0.2, -0.15) is 0 Å². The Morgan fingerprint density at radius 3 is 2.61 bits per heavy atom. The van der Waals surface area contributed by atoms with E-state index in [1.165, 1.54) is 18.4 Å². The molecule has 1 aliphatic heterocycles. The van der Waals surface area contributed by atoms with Crippen LogP contribution in [0.2, 0.25) is 0 Å². The zero-order valence-electron chi connectivity index (χ0n) is 13.6. The van der Waals surface area contributed by atoms with Gasteiger partial charge in [0.1, 0.15) is 0 Å². The van der Waals surface area contributed by atoms with Gasteiger partial charge in [-0.25, -0.2) is 4.79 Å². The quantitative estimate of drug-likeness (QED) is 0.624. The van der Waals surface area contributed by atoms with Gasteiger partial charge in [-0.15, -0.1) is 0 Å². The number of ether oxygens (including phenoxy) is 1. The normalized spacial score (nSPS) is 12.4. The van der Waals surface area contributed by atoms with E-state index in [0.29, 0.717) is 5.56 Å². The number of anilines is 1. The van der Waals surface area contributed by atoms with Crippen molar-refractivity contribution in [2.24, 2.45) is 0 Å². The van der Waals surface area contributed by atoms with Crippen LogP contribution in [0, 0.1) is 18.9 Å². The minimum atomic E-state index is -0.295. The van der Waals surface area contributed by atoms with E-state index in [0.717, 1.165) is 29.7 Å². The molecule has 3 nitrogen and oxygen atoms in total. The maximum absolute atomic E-state index is 11.7. The van der Waals surface area contributed by atoms with E-state index in [9.17, 15) is 4.79 Å². The van der Waals surface area contributed by atoms with Crippen LogP contribution in [-0.2, 0) is 11.2 Å². The number of esters is 1. The molecule has 0 atom stereocenters. The van der Waals surface area contributed by atoms with Gasteiger partial charge in [0.2, 0.25) is 0 Å². The molecular weight excluding hydrogens is 286 g/mol. The number of hydrogen-bond donors (Lipinski definition) is 0. The average Bonchev–Trinajstić information content (AvgIpc) is 2.97. The highest BCUT2D eigenvalue weighted by Crippen LogP contribution is 2.32. The minimum absolute atomic E-state index is 0.295. The molecule has 0 spiro atoms. The highest BCUT2D eigenvalue weighted by molar-refractivity contribution is 5.91. The second kappa shape index (κ2) is 6.18. The number of carbonyl (C=O) groups excluding carboxylic acids is 1. The van der Waals surface area contributed by atoms with Gasteiger partial charge < -0.3 is 9.64 Å². The minimum Gasteiger partial charge on any atom is -0.465 e. The highest BCUT2D eigenvalue weighted by Gasteiger charge is 2.18. The second-order valence-corrected chi connectivity index (χ2v) is 5.63. The molecule has 0 unspecified atom stereocenters. The zero-order valence-corrected chi connectivity index (χ0v) is 13.6. The van der Waals surface area contributed by atoms with E-state index in [2.05, 4.69) is 35.1 Å². The van der Waals surface area contributed by atoms with Gasteiger partial charge in [-0.3, -0.25) is 0 Å². The van der Waals surface area contributed by atoms with E-state index >= 15 is 0 Å². The van der Waals surface area contributed by atoms with Crippen molar-refractivity contribution >= 4 is 11.7 Å². The van der Waals surface area contributed by atoms with Crippen LogP contribution in [0.4, 0.5) is 5.69 Å². The zero-order chi connectivity index (χ0) is 16.4. The molecule has 0 saturated carbocycles. The van der Waals surface area contributed by atoms with Gasteiger partial charge in [-0.1, -0.05) is 24.1 Å². The molecule has 116 valence electrons. The monoisotopic (exact) mass is 305 g/mol. The molecule has 0 radical (unpaired) electrons. The van der Waals surface area contributed by atoms with Gasteiger partial charge in [-0.05, 0) is 60.7 Å². The Balaban J connectivity index is 1.96. The molecule has 3 heteroatoms. The van der Waals surface area contributed by atoms with Crippen LogP contribution in [-0.4, -0.2) is 19.6 Å². The number of aryl methyl sites for hydroxylation is 1. The number of hydrogen-bond acceptors (Lipinski definition) is 3. The average molecular weight is 305 g/mol. The summed E-state index contributed by atoms with van der Waals surface area (Å²) in [6.07, 6.45) is 1.01. The summed E-state index contributed by atoms with van der Waals surface area (Å²) in [5, 5.41) is 0. The van der Waals surface area contributed by atoms with Crippen molar-refractivity contribution in [3.63, 3.8) is 0 Å². The molecule has 1 aliphatic rings. The van der Waals surface area contributed by atoms with Gasteiger partial charge in [0, 0.05) is 12.6 Å². The standard InChI is InChI=1S/C20H19NO2/c1-4-10-21-11-9-17-13-16(6-8-19(17)21)15-5-7-18(14(2)12-15)20(22)23-3/h5-8,12-13H,9,11H2,1-3H3. The van der Waals surface area contributed by atoms with E-state index < -0.39 is 0 Å². The summed E-state index contributed by atoms with van der Waals surface area (Å²) in [6, 6.07) is 15.4. The molecule has 23 heavy (non-hydrogen) atoms. The summed E-state index contributed by atoms with van der Waals surface area (Å²) in [6.45, 7) is 4.74. The number of methoxy groups -OCH3 is 1. The Morgan fingerprint density at radius 1 is 1.17 bits per heavy atom. The number of benzene rings is 2. The fourth-order valence-corrected chi connectivity index (χ4v) is 3.01. The first kappa shape index (κ1) is 15.2. The van der Waals surface area contributed by atoms with Crippen LogP contribution >= 0.6 is 0 Å². The third kappa shape index (κ3) is 2.80. The molecule has 0 amide bonds. The first-order chi connectivity index (χ1) is 11.1. The number of carbonyl (C=O) groups is 1.